The summed E-state index contributed by atoms with van der Waals surface area (Å²) in [5, 5.41) is 11.5. The number of aryl methyl sites for hydroxylation is 2. The van der Waals surface area contributed by atoms with Crippen LogP contribution in [-0.2, 0) is 16.1 Å². The van der Waals surface area contributed by atoms with Gasteiger partial charge in [0.15, 0.2) is 0 Å². The van der Waals surface area contributed by atoms with Crippen molar-refractivity contribution >= 4 is 17.4 Å². The SMILES string of the molecule is COc1ccc(C2/C(=C(\O)c3cc(C)cc(C)c3OC)C(=O)C(=O)N2Cc2ccncc2)cc1. The van der Waals surface area contributed by atoms with Crippen molar-refractivity contribution < 1.29 is 24.2 Å². The molecule has 0 bridgehead atoms. The summed E-state index contributed by atoms with van der Waals surface area (Å²) in [5.74, 6) is -0.584. The Morgan fingerprint density at radius 2 is 1.68 bits per heavy atom. The first-order valence-corrected chi connectivity index (χ1v) is 10.8. The molecule has 1 aliphatic heterocycles. The topological polar surface area (TPSA) is 89.0 Å². The van der Waals surface area contributed by atoms with E-state index < -0.39 is 17.7 Å². The Morgan fingerprint density at radius 1 is 1.00 bits per heavy atom. The number of carbonyl (C=O) groups excluding carboxylic acids is 2. The Kier molecular flexibility index (Phi) is 6.36. The highest BCUT2D eigenvalue weighted by Crippen LogP contribution is 2.42. The molecule has 0 saturated carbocycles. The number of nitrogens with zero attached hydrogens (tertiary/aromatic N) is 2. The number of aliphatic hydroxyl groups excluding tert-OH is 1. The second kappa shape index (κ2) is 9.39. The molecule has 1 aromatic heterocycles. The van der Waals surface area contributed by atoms with Gasteiger partial charge < -0.3 is 19.5 Å². The molecule has 1 aliphatic rings. The lowest BCUT2D eigenvalue weighted by atomic mass is 9.93. The molecule has 1 N–H and O–H groups in total. The van der Waals surface area contributed by atoms with E-state index in [1.807, 2.05) is 19.9 Å². The minimum atomic E-state index is -0.787. The Morgan fingerprint density at radius 3 is 2.29 bits per heavy atom. The molecule has 2 heterocycles. The molecule has 4 rings (SSSR count). The summed E-state index contributed by atoms with van der Waals surface area (Å²) >= 11 is 0. The van der Waals surface area contributed by atoms with Gasteiger partial charge in [0, 0.05) is 18.9 Å². The summed E-state index contributed by atoms with van der Waals surface area (Å²) in [4.78, 5) is 32.0. The summed E-state index contributed by atoms with van der Waals surface area (Å²) in [5.41, 5.74) is 3.61. The predicted molar refractivity (Wildman–Crippen MR) is 128 cm³/mol. The van der Waals surface area contributed by atoms with Gasteiger partial charge in [-0.15, -0.1) is 0 Å². The van der Waals surface area contributed by atoms with E-state index >= 15 is 0 Å². The molecule has 1 fully saturated rings. The van der Waals surface area contributed by atoms with Gasteiger partial charge in [0.2, 0.25) is 0 Å². The number of aromatic nitrogens is 1. The molecule has 0 radical (unpaired) electrons. The molecule has 1 saturated heterocycles. The normalized spacial score (nSPS) is 17.2. The zero-order chi connectivity index (χ0) is 24.4. The fourth-order valence-corrected chi connectivity index (χ4v) is 4.41. The summed E-state index contributed by atoms with van der Waals surface area (Å²) in [6, 6.07) is 13.6. The first kappa shape index (κ1) is 23.0. The van der Waals surface area contributed by atoms with Crippen LogP contribution in [0.15, 0.2) is 66.5 Å². The number of amides is 1. The Balaban J connectivity index is 1.92. The molecule has 34 heavy (non-hydrogen) atoms. The van der Waals surface area contributed by atoms with Gasteiger partial charge >= 0.3 is 0 Å². The van der Waals surface area contributed by atoms with Crippen LogP contribution < -0.4 is 9.47 Å². The van der Waals surface area contributed by atoms with Crippen LogP contribution in [0.5, 0.6) is 11.5 Å². The van der Waals surface area contributed by atoms with E-state index in [0.29, 0.717) is 22.6 Å². The van der Waals surface area contributed by atoms with Crippen molar-refractivity contribution in [2.75, 3.05) is 14.2 Å². The molecular formula is C27H26N2O5. The van der Waals surface area contributed by atoms with Crippen LogP contribution in [0, 0.1) is 13.8 Å². The highest BCUT2D eigenvalue weighted by atomic mass is 16.5. The maximum Gasteiger partial charge on any atom is 0.295 e. The van der Waals surface area contributed by atoms with Crippen molar-refractivity contribution in [2.45, 2.75) is 26.4 Å². The van der Waals surface area contributed by atoms with Crippen LogP contribution in [0.4, 0.5) is 0 Å². The Labute approximate surface area is 198 Å². The van der Waals surface area contributed by atoms with E-state index in [4.69, 9.17) is 9.47 Å². The third kappa shape index (κ3) is 4.12. The van der Waals surface area contributed by atoms with E-state index in [1.165, 1.54) is 12.0 Å². The van der Waals surface area contributed by atoms with Gasteiger partial charge in [0.25, 0.3) is 11.7 Å². The first-order valence-electron chi connectivity index (χ1n) is 10.8. The van der Waals surface area contributed by atoms with E-state index in [0.717, 1.165) is 16.7 Å². The van der Waals surface area contributed by atoms with Gasteiger partial charge in [0.05, 0.1) is 31.4 Å². The van der Waals surface area contributed by atoms with Gasteiger partial charge in [0.1, 0.15) is 17.3 Å². The smallest absolute Gasteiger partial charge is 0.295 e. The van der Waals surface area contributed by atoms with Crippen molar-refractivity contribution in [3.8, 4) is 11.5 Å². The van der Waals surface area contributed by atoms with Gasteiger partial charge in [-0.25, -0.2) is 0 Å². The van der Waals surface area contributed by atoms with Gasteiger partial charge in [-0.3, -0.25) is 14.6 Å². The number of pyridine rings is 1. The molecule has 7 heteroatoms. The number of aliphatic hydroxyl groups is 1. The molecule has 0 aliphatic carbocycles. The third-order valence-electron chi connectivity index (χ3n) is 5.95. The molecule has 1 amide bonds. The van der Waals surface area contributed by atoms with Gasteiger partial charge in [-0.05, 0) is 66.4 Å². The number of hydrogen-bond acceptors (Lipinski definition) is 6. The minimum Gasteiger partial charge on any atom is -0.507 e. The van der Waals surface area contributed by atoms with Crippen molar-refractivity contribution in [2.24, 2.45) is 0 Å². The number of ketones is 1. The molecule has 3 aromatic rings. The van der Waals surface area contributed by atoms with Crippen molar-refractivity contribution in [3.63, 3.8) is 0 Å². The summed E-state index contributed by atoms with van der Waals surface area (Å²) in [7, 11) is 3.08. The highest BCUT2D eigenvalue weighted by molar-refractivity contribution is 6.46. The number of Topliss-reactive ketones (excluding diaryl/α,β-unsaturated/α-hetero) is 1. The van der Waals surface area contributed by atoms with Gasteiger partial charge in [-0.2, -0.15) is 0 Å². The molecule has 7 nitrogen and oxygen atoms in total. The van der Waals surface area contributed by atoms with Crippen molar-refractivity contribution in [3.05, 3.63) is 94.3 Å². The average Bonchev–Trinajstić information content (AvgIpc) is 3.08. The number of likely N-dealkylation sites (tertiary alicyclic amines) is 1. The lowest BCUT2D eigenvalue weighted by Gasteiger charge is -2.26. The standard InChI is InChI=1S/C27H26N2O5/c1-16-13-17(2)26(34-4)21(14-16)24(30)22-23(19-5-7-20(33-3)8-6-19)29(27(32)25(22)31)15-18-9-11-28-12-10-18/h5-14,23,30H,15H2,1-4H3/b24-22+. The maximum absolute atomic E-state index is 13.3. The monoisotopic (exact) mass is 458 g/mol. The summed E-state index contributed by atoms with van der Waals surface area (Å²) < 4.78 is 10.8. The first-order chi connectivity index (χ1) is 16.3. The van der Waals surface area contributed by atoms with Crippen LogP contribution in [0.25, 0.3) is 5.76 Å². The van der Waals surface area contributed by atoms with Crippen LogP contribution in [0.1, 0.15) is 33.9 Å². The zero-order valence-corrected chi connectivity index (χ0v) is 19.5. The Hall–Kier alpha value is -4.13. The van der Waals surface area contributed by atoms with Crippen LogP contribution in [-0.4, -0.2) is 40.9 Å². The quantitative estimate of drug-likeness (QED) is 0.336. The minimum absolute atomic E-state index is 0.0209. The van der Waals surface area contributed by atoms with Crippen molar-refractivity contribution in [1.29, 1.82) is 0 Å². The number of ether oxygens (including phenoxy) is 2. The number of carbonyl (C=O) groups is 2. The maximum atomic E-state index is 13.3. The fraction of sp³-hybridized carbons (Fsp3) is 0.222. The van der Waals surface area contributed by atoms with E-state index in [-0.39, 0.29) is 17.9 Å². The predicted octanol–water partition coefficient (Wildman–Crippen LogP) is 4.34. The molecule has 174 valence electrons. The number of benzene rings is 2. The summed E-state index contributed by atoms with van der Waals surface area (Å²) in [6.45, 7) is 3.95. The largest absolute Gasteiger partial charge is 0.507 e. The second-order valence-corrected chi connectivity index (χ2v) is 8.22. The zero-order valence-electron chi connectivity index (χ0n) is 19.5. The number of methoxy groups -OCH3 is 2. The Bertz CT molecular complexity index is 1270. The average molecular weight is 459 g/mol. The lowest BCUT2D eigenvalue weighted by Crippen LogP contribution is -2.29. The van der Waals surface area contributed by atoms with Gasteiger partial charge in [-0.1, -0.05) is 18.2 Å². The van der Waals surface area contributed by atoms with Crippen LogP contribution in [0.2, 0.25) is 0 Å². The molecule has 2 aromatic carbocycles. The third-order valence-corrected chi connectivity index (χ3v) is 5.95. The molecule has 1 unspecified atom stereocenters. The van der Waals surface area contributed by atoms with Crippen LogP contribution in [0.3, 0.4) is 0 Å². The van der Waals surface area contributed by atoms with E-state index in [9.17, 15) is 14.7 Å². The summed E-state index contributed by atoms with van der Waals surface area (Å²) in [6.07, 6.45) is 3.27. The molecular weight excluding hydrogens is 432 g/mol. The number of rotatable bonds is 6. The fourth-order valence-electron chi connectivity index (χ4n) is 4.41. The number of hydrogen-bond donors (Lipinski definition) is 1. The van der Waals surface area contributed by atoms with E-state index in [2.05, 4.69) is 4.98 Å². The molecule has 1 atom stereocenters. The lowest BCUT2D eigenvalue weighted by molar-refractivity contribution is -0.140. The van der Waals surface area contributed by atoms with E-state index in [1.54, 1.807) is 62.0 Å². The highest BCUT2D eigenvalue weighted by Gasteiger charge is 2.46. The van der Waals surface area contributed by atoms with Crippen molar-refractivity contribution in [1.82, 2.24) is 9.88 Å². The molecule has 0 spiro atoms. The van der Waals surface area contributed by atoms with Crippen LogP contribution >= 0.6 is 0 Å². The second-order valence-electron chi connectivity index (χ2n) is 8.22.